The minimum absolute atomic E-state index is 0.0314. The third-order valence-electron chi connectivity index (χ3n) is 5.95. The Morgan fingerprint density at radius 1 is 1.30 bits per heavy atom. The number of fused-ring (bicyclic) bond motifs is 1. The van der Waals surface area contributed by atoms with Crippen LogP contribution in [0, 0.1) is 5.92 Å². The lowest BCUT2D eigenvalue weighted by Crippen LogP contribution is -2.63. The molecule has 2 N–H and O–H groups in total. The zero-order valence-electron chi connectivity index (χ0n) is 17.8. The number of rotatable bonds is 7. The third kappa shape index (κ3) is 4.38. The Bertz CT molecular complexity index is 1200. The number of ether oxygens (including phenoxy) is 2. The van der Waals surface area contributed by atoms with Gasteiger partial charge in [0.1, 0.15) is 23.7 Å². The van der Waals surface area contributed by atoms with Crippen molar-refractivity contribution in [2.45, 2.75) is 24.6 Å². The van der Waals surface area contributed by atoms with Crippen molar-refractivity contribution in [1.82, 2.24) is 19.9 Å². The number of carbonyl (C=O) groups excluding carboxylic acids is 1. The second kappa shape index (κ2) is 7.99. The minimum atomic E-state index is -4.60. The normalized spacial score (nSPS) is 17.6. The number of anilines is 1. The van der Waals surface area contributed by atoms with Crippen LogP contribution in [-0.2, 0) is 15.7 Å². The topological polar surface area (TPSA) is 89.8 Å². The number of methoxy groups -OCH3 is 1. The van der Waals surface area contributed by atoms with Gasteiger partial charge in [-0.2, -0.15) is 18.3 Å². The highest BCUT2D eigenvalue weighted by Crippen LogP contribution is 2.37. The Balaban J connectivity index is 1.47. The van der Waals surface area contributed by atoms with E-state index in [1.807, 2.05) is 0 Å². The molecule has 0 bridgehead atoms. The van der Waals surface area contributed by atoms with Crippen LogP contribution < -0.4 is 15.4 Å². The van der Waals surface area contributed by atoms with E-state index in [0.29, 0.717) is 30.0 Å². The lowest BCUT2D eigenvalue weighted by Gasteiger charge is -2.40. The van der Waals surface area contributed by atoms with Crippen molar-refractivity contribution >= 4 is 17.2 Å². The maximum atomic E-state index is 13.4. The first-order valence-electron chi connectivity index (χ1n) is 10.5. The maximum absolute atomic E-state index is 13.4. The highest BCUT2D eigenvalue weighted by molar-refractivity contribution is 5.93. The second-order valence-electron chi connectivity index (χ2n) is 8.42. The number of nitrogens with one attached hydrogen (secondary N) is 2. The molecule has 11 heteroatoms. The molecular weight excluding hydrogens is 439 g/mol. The number of alkyl halides is 3. The number of hydrogen-bond donors (Lipinski definition) is 2. The molecule has 1 aliphatic heterocycles. The standard InChI is InChI=1S/C22H22F3N5O3/c1-32-21(10-26-11-21)12-33-17-9-27-18(22(23,24)25)8-16(17)14-4-5-30-15(6-14)7-19(29-30)28-20(31)13-2-3-13/h4-9,13,26H,2-3,10-12H2,1H3,(H,28,29,31). The second-order valence-corrected chi connectivity index (χ2v) is 8.42. The number of halogens is 3. The first-order chi connectivity index (χ1) is 15.8. The maximum Gasteiger partial charge on any atom is 0.433 e. The quantitative estimate of drug-likeness (QED) is 0.562. The number of hydrogen-bond acceptors (Lipinski definition) is 6. The van der Waals surface area contributed by atoms with E-state index in [4.69, 9.17) is 9.47 Å². The molecule has 1 amide bonds. The van der Waals surface area contributed by atoms with Gasteiger partial charge in [0.2, 0.25) is 5.91 Å². The van der Waals surface area contributed by atoms with E-state index in [9.17, 15) is 18.0 Å². The third-order valence-corrected chi connectivity index (χ3v) is 5.95. The summed E-state index contributed by atoms with van der Waals surface area (Å²) in [4.78, 5) is 15.6. The summed E-state index contributed by atoms with van der Waals surface area (Å²) in [6, 6.07) is 5.99. The Morgan fingerprint density at radius 2 is 2.09 bits per heavy atom. The summed E-state index contributed by atoms with van der Waals surface area (Å²) in [5.41, 5.74) is -0.162. The Kier molecular flexibility index (Phi) is 5.25. The van der Waals surface area contributed by atoms with Gasteiger partial charge < -0.3 is 20.1 Å². The van der Waals surface area contributed by atoms with Gasteiger partial charge in [0.15, 0.2) is 5.82 Å². The first-order valence-corrected chi connectivity index (χ1v) is 10.5. The van der Waals surface area contributed by atoms with Crippen molar-refractivity contribution in [1.29, 1.82) is 0 Å². The van der Waals surface area contributed by atoms with Crippen molar-refractivity contribution < 1.29 is 27.4 Å². The lowest BCUT2D eigenvalue weighted by molar-refractivity contribution is -0.141. The predicted octanol–water partition coefficient (Wildman–Crippen LogP) is 3.13. The van der Waals surface area contributed by atoms with Crippen LogP contribution in [0.5, 0.6) is 5.75 Å². The van der Waals surface area contributed by atoms with Gasteiger partial charge in [-0.05, 0) is 36.6 Å². The number of aromatic nitrogens is 3. The van der Waals surface area contributed by atoms with E-state index < -0.39 is 17.5 Å². The SMILES string of the molecule is COC1(COc2cnc(C(F)(F)F)cc2-c2ccn3nc(NC(=O)C4CC4)cc3c2)CNC1. The molecule has 2 aliphatic rings. The lowest BCUT2D eigenvalue weighted by atomic mass is 9.98. The number of carbonyl (C=O) groups is 1. The molecular formula is C22H22F3N5O3. The highest BCUT2D eigenvalue weighted by Gasteiger charge is 2.39. The summed E-state index contributed by atoms with van der Waals surface area (Å²) < 4.78 is 53.1. The van der Waals surface area contributed by atoms with Crippen molar-refractivity contribution in [3.05, 3.63) is 42.4 Å². The van der Waals surface area contributed by atoms with Gasteiger partial charge in [0, 0.05) is 43.9 Å². The fraction of sp³-hybridized carbons (Fsp3) is 0.409. The number of amides is 1. The van der Waals surface area contributed by atoms with Crippen LogP contribution in [-0.4, -0.2) is 52.9 Å². The van der Waals surface area contributed by atoms with Gasteiger partial charge in [-0.15, -0.1) is 0 Å². The smallest absolute Gasteiger partial charge is 0.433 e. The van der Waals surface area contributed by atoms with E-state index in [1.54, 1.807) is 36.0 Å². The predicted molar refractivity (Wildman–Crippen MR) is 113 cm³/mol. The summed E-state index contributed by atoms with van der Waals surface area (Å²) in [7, 11) is 1.57. The Labute approximate surface area is 187 Å². The molecule has 0 atom stereocenters. The summed E-state index contributed by atoms with van der Waals surface area (Å²) in [6.45, 7) is 1.34. The zero-order valence-corrected chi connectivity index (χ0v) is 17.8. The molecule has 0 aromatic carbocycles. The van der Waals surface area contributed by atoms with E-state index in [0.717, 1.165) is 25.1 Å². The summed E-state index contributed by atoms with van der Waals surface area (Å²) in [5.74, 6) is 0.572. The van der Waals surface area contributed by atoms with Crippen molar-refractivity contribution in [2.24, 2.45) is 5.92 Å². The molecule has 0 spiro atoms. The minimum Gasteiger partial charge on any atom is -0.488 e. The van der Waals surface area contributed by atoms with Gasteiger partial charge in [-0.3, -0.25) is 4.79 Å². The van der Waals surface area contributed by atoms with Crippen LogP contribution in [0.1, 0.15) is 18.5 Å². The number of pyridine rings is 2. The molecule has 3 aromatic heterocycles. The fourth-order valence-corrected chi connectivity index (χ4v) is 3.65. The van der Waals surface area contributed by atoms with Crippen LogP contribution in [0.4, 0.5) is 19.0 Å². The van der Waals surface area contributed by atoms with Gasteiger partial charge in [-0.1, -0.05) is 0 Å². The van der Waals surface area contributed by atoms with Gasteiger partial charge in [-0.25, -0.2) is 9.50 Å². The first kappa shape index (κ1) is 21.7. The molecule has 5 rings (SSSR count). The molecule has 3 aromatic rings. The molecule has 0 radical (unpaired) electrons. The van der Waals surface area contributed by atoms with E-state index in [2.05, 4.69) is 20.7 Å². The average molecular weight is 461 g/mol. The molecule has 8 nitrogen and oxygen atoms in total. The zero-order chi connectivity index (χ0) is 23.2. The summed E-state index contributed by atoms with van der Waals surface area (Å²) in [6.07, 6.45) is -0.136. The molecule has 4 heterocycles. The van der Waals surface area contributed by atoms with Crippen molar-refractivity contribution in [3.8, 4) is 16.9 Å². The van der Waals surface area contributed by atoms with E-state index in [1.165, 1.54) is 0 Å². The fourth-order valence-electron chi connectivity index (χ4n) is 3.65. The molecule has 1 aliphatic carbocycles. The molecule has 33 heavy (non-hydrogen) atoms. The average Bonchev–Trinajstić information content (AvgIpc) is 3.53. The van der Waals surface area contributed by atoms with Crippen LogP contribution in [0.15, 0.2) is 36.7 Å². The van der Waals surface area contributed by atoms with Gasteiger partial charge >= 0.3 is 6.18 Å². The molecule has 174 valence electrons. The summed E-state index contributed by atoms with van der Waals surface area (Å²) >= 11 is 0. The largest absolute Gasteiger partial charge is 0.488 e. The molecule has 0 unspecified atom stereocenters. The van der Waals surface area contributed by atoms with Crippen molar-refractivity contribution in [3.63, 3.8) is 0 Å². The van der Waals surface area contributed by atoms with Crippen molar-refractivity contribution in [2.75, 3.05) is 32.1 Å². The monoisotopic (exact) mass is 461 g/mol. The van der Waals surface area contributed by atoms with Gasteiger partial charge in [0.25, 0.3) is 0 Å². The van der Waals surface area contributed by atoms with Crippen LogP contribution in [0.25, 0.3) is 16.6 Å². The molecule has 2 fully saturated rings. The molecule has 1 saturated heterocycles. The van der Waals surface area contributed by atoms with E-state index in [-0.39, 0.29) is 29.7 Å². The molecule has 1 saturated carbocycles. The summed E-state index contributed by atoms with van der Waals surface area (Å²) in [5, 5.41) is 10.2. The van der Waals surface area contributed by atoms with E-state index >= 15 is 0 Å². The highest BCUT2D eigenvalue weighted by atomic mass is 19.4. The number of nitrogens with zero attached hydrogens (tertiary/aromatic N) is 3. The van der Waals surface area contributed by atoms with Crippen LogP contribution in [0.2, 0.25) is 0 Å². The Hall–Kier alpha value is -3.18. The van der Waals surface area contributed by atoms with Gasteiger partial charge in [0.05, 0.1) is 11.7 Å². The van der Waals surface area contributed by atoms with Crippen LogP contribution >= 0.6 is 0 Å². The Morgan fingerprint density at radius 3 is 2.73 bits per heavy atom. The van der Waals surface area contributed by atoms with Crippen LogP contribution in [0.3, 0.4) is 0 Å².